The molecule has 6 atom stereocenters. The molecule has 0 aromatic carbocycles. The van der Waals surface area contributed by atoms with Crippen LogP contribution in [0.5, 0.6) is 0 Å². The zero-order valence-corrected chi connectivity index (χ0v) is 21.3. The molecule has 1 fully saturated rings. The second kappa shape index (κ2) is 9.39. The highest BCUT2D eigenvalue weighted by Crippen LogP contribution is 2.62. The van der Waals surface area contributed by atoms with Crippen molar-refractivity contribution in [3.63, 3.8) is 0 Å². The first-order chi connectivity index (χ1) is 14.9. The van der Waals surface area contributed by atoms with Gasteiger partial charge in [0, 0.05) is 6.42 Å². The predicted molar refractivity (Wildman–Crippen MR) is 133 cm³/mol. The molecule has 3 N–H and O–H groups in total. The fourth-order valence-corrected chi connectivity index (χ4v) is 7.57. The van der Waals surface area contributed by atoms with E-state index >= 15 is 0 Å². The largest absolute Gasteiger partial charge is 0.393 e. The van der Waals surface area contributed by atoms with Crippen LogP contribution < -0.4 is 0 Å². The normalized spacial score (nSPS) is 37.6. The topological polar surface area (TPSA) is 60.7 Å². The number of aliphatic hydroxyl groups excluding tert-OH is 2. The molecule has 0 radical (unpaired) electrons. The van der Waals surface area contributed by atoms with Gasteiger partial charge in [-0.3, -0.25) is 0 Å². The Morgan fingerprint density at radius 1 is 1.19 bits per heavy atom. The first-order valence-corrected chi connectivity index (χ1v) is 13.0. The molecule has 0 aromatic rings. The van der Waals surface area contributed by atoms with Crippen LogP contribution in [0.1, 0.15) is 98.8 Å². The number of hydrogen-bond donors (Lipinski definition) is 3. The molecule has 0 aliphatic heterocycles. The van der Waals surface area contributed by atoms with Crippen LogP contribution in [0.4, 0.5) is 0 Å². The van der Waals surface area contributed by atoms with Crippen LogP contribution >= 0.6 is 0 Å². The summed E-state index contributed by atoms with van der Waals surface area (Å²) < 4.78 is 0. The van der Waals surface area contributed by atoms with E-state index in [4.69, 9.17) is 0 Å². The molecule has 3 aliphatic rings. The van der Waals surface area contributed by atoms with Crippen molar-refractivity contribution in [2.75, 3.05) is 0 Å². The Kier molecular flexibility index (Phi) is 7.55. The lowest BCUT2D eigenvalue weighted by Gasteiger charge is -2.59. The van der Waals surface area contributed by atoms with Crippen LogP contribution in [0.2, 0.25) is 0 Å². The highest BCUT2D eigenvalue weighted by molar-refractivity contribution is 5.36. The van der Waals surface area contributed by atoms with Gasteiger partial charge in [-0.25, -0.2) is 0 Å². The van der Waals surface area contributed by atoms with Crippen LogP contribution in [-0.4, -0.2) is 33.1 Å². The van der Waals surface area contributed by atoms with E-state index in [-0.39, 0.29) is 22.9 Å². The van der Waals surface area contributed by atoms with Crippen molar-refractivity contribution < 1.29 is 15.3 Å². The molecule has 0 heterocycles. The Hall–Kier alpha value is -0.900. The third-order valence-electron chi connectivity index (χ3n) is 9.67. The maximum atomic E-state index is 11.9. The van der Waals surface area contributed by atoms with Gasteiger partial charge in [0.2, 0.25) is 0 Å². The average Bonchev–Trinajstić information content (AvgIpc) is 2.69. The summed E-state index contributed by atoms with van der Waals surface area (Å²) in [5, 5.41) is 34.0. The lowest BCUT2D eigenvalue weighted by atomic mass is 9.47. The second-order valence-corrected chi connectivity index (χ2v) is 12.3. The molecular weight excluding hydrogens is 396 g/mol. The molecule has 0 spiro atoms. The second-order valence-electron chi connectivity index (χ2n) is 12.3. The SMILES string of the molecule is C=CC[C@H](CCCC(=C)C(C)C)C1(O)CC2=C([C@@H](O)C1)C1(C)CCC(O)C(C)(C)C1CC2. The molecule has 32 heavy (non-hydrogen) atoms. The Balaban J connectivity index is 1.83. The lowest BCUT2D eigenvalue weighted by molar-refractivity contribution is -0.111. The van der Waals surface area contributed by atoms with E-state index in [1.807, 2.05) is 6.08 Å². The fourth-order valence-electron chi connectivity index (χ4n) is 7.57. The molecule has 3 heteroatoms. The smallest absolute Gasteiger partial charge is 0.0785 e. The summed E-state index contributed by atoms with van der Waals surface area (Å²) in [4.78, 5) is 0. The lowest BCUT2D eigenvalue weighted by Crippen LogP contribution is -2.56. The van der Waals surface area contributed by atoms with Crippen molar-refractivity contribution in [1.82, 2.24) is 0 Å². The van der Waals surface area contributed by atoms with Gasteiger partial charge >= 0.3 is 0 Å². The van der Waals surface area contributed by atoms with Crippen LogP contribution in [0, 0.1) is 28.6 Å². The summed E-state index contributed by atoms with van der Waals surface area (Å²) >= 11 is 0. The highest BCUT2D eigenvalue weighted by Gasteiger charge is 2.57. The van der Waals surface area contributed by atoms with Crippen molar-refractivity contribution in [2.45, 2.75) is 117 Å². The first kappa shape index (κ1) is 25.7. The van der Waals surface area contributed by atoms with E-state index in [0.29, 0.717) is 24.7 Å². The van der Waals surface area contributed by atoms with Gasteiger partial charge in [0.1, 0.15) is 0 Å². The monoisotopic (exact) mass is 444 g/mol. The van der Waals surface area contributed by atoms with Crippen molar-refractivity contribution in [3.05, 3.63) is 36.0 Å². The third-order valence-corrected chi connectivity index (χ3v) is 9.67. The zero-order chi connectivity index (χ0) is 23.9. The molecule has 0 bridgehead atoms. The molecule has 0 amide bonds. The van der Waals surface area contributed by atoms with Gasteiger partial charge < -0.3 is 15.3 Å². The molecule has 182 valence electrons. The van der Waals surface area contributed by atoms with Gasteiger partial charge in [0.15, 0.2) is 0 Å². The van der Waals surface area contributed by atoms with E-state index in [1.165, 1.54) is 16.7 Å². The standard InChI is InChI=1S/C29H48O3/c1-8-10-22(12-9-11-20(4)19(2)3)29(32)17-21-13-14-24-27(5,6)25(31)15-16-28(24,7)26(21)23(30)18-29/h8,19,22-25,30-32H,1,4,9-18H2,2-3,5-7H3/t22-,23+,24?,25?,28?,29?/m1/s1. The zero-order valence-electron chi connectivity index (χ0n) is 21.3. The Morgan fingerprint density at radius 2 is 1.88 bits per heavy atom. The van der Waals surface area contributed by atoms with Gasteiger partial charge in [-0.05, 0) is 91.9 Å². The van der Waals surface area contributed by atoms with Gasteiger partial charge in [0.05, 0.1) is 17.8 Å². The summed E-state index contributed by atoms with van der Waals surface area (Å²) in [6.45, 7) is 19.2. The maximum absolute atomic E-state index is 11.9. The molecule has 3 aliphatic carbocycles. The number of fused-ring (bicyclic) bond motifs is 2. The van der Waals surface area contributed by atoms with Gasteiger partial charge in [-0.1, -0.05) is 58.4 Å². The van der Waals surface area contributed by atoms with Crippen LogP contribution in [0.25, 0.3) is 0 Å². The summed E-state index contributed by atoms with van der Waals surface area (Å²) in [7, 11) is 0. The molecule has 1 saturated carbocycles. The van der Waals surface area contributed by atoms with Crippen LogP contribution in [0.15, 0.2) is 36.0 Å². The van der Waals surface area contributed by atoms with Crippen molar-refractivity contribution in [1.29, 1.82) is 0 Å². The van der Waals surface area contributed by atoms with Gasteiger partial charge in [0.25, 0.3) is 0 Å². The van der Waals surface area contributed by atoms with Crippen molar-refractivity contribution in [3.8, 4) is 0 Å². The number of allylic oxidation sites excluding steroid dienone is 2. The number of aliphatic hydroxyl groups is 3. The summed E-state index contributed by atoms with van der Waals surface area (Å²) in [6, 6.07) is 0. The van der Waals surface area contributed by atoms with Gasteiger partial charge in [-0.15, -0.1) is 6.58 Å². The average molecular weight is 445 g/mol. The number of rotatable bonds is 8. The van der Waals surface area contributed by atoms with E-state index in [0.717, 1.165) is 51.4 Å². The summed E-state index contributed by atoms with van der Waals surface area (Å²) in [6.07, 6.45) is 9.53. The summed E-state index contributed by atoms with van der Waals surface area (Å²) in [5.74, 6) is 0.970. The quantitative estimate of drug-likeness (QED) is 0.383. The van der Waals surface area contributed by atoms with Gasteiger partial charge in [-0.2, -0.15) is 0 Å². The minimum atomic E-state index is -0.876. The third kappa shape index (κ3) is 4.55. The van der Waals surface area contributed by atoms with E-state index in [1.54, 1.807) is 0 Å². The molecule has 0 saturated heterocycles. The minimum absolute atomic E-state index is 0.0833. The van der Waals surface area contributed by atoms with E-state index in [9.17, 15) is 15.3 Å². The molecule has 0 aromatic heterocycles. The minimum Gasteiger partial charge on any atom is -0.393 e. The fraction of sp³-hybridized carbons (Fsp3) is 0.793. The Bertz CT molecular complexity index is 748. The summed E-state index contributed by atoms with van der Waals surface area (Å²) in [5.41, 5.74) is 2.65. The van der Waals surface area contributed by atoms with Crippen LogP contribution in [0.3, 0.4) is 0 Å². The van der Waals surface area contributed by atoms with Crippen LogP contribution in [-0.2, 0) is 0 Å². The molecule has 3 nitrogen and oxygen atoms in total. The Morgan fingerprint density at radius 3 is 2.50 bits per heavy atom. The number of hydrogen-bond acceptors (Lipinski definition) is 3. The maximum Gasteiger partial charge on any atom is 0.0785 e. The molecule has 3 rings (SSSR count). The Labute approximate surface area is 196 Å². The highest BCUT2D eigenvalue weighted by atomic mass is 16.3. The van der Waals surface area contributed by atoms with Crippen molar-refractivity contribution >= 4 is 0 Å². The van der Waals surface area contributed by atoms with Crippen molar-refractivity contribution in [2.24, 2.45) is 28.6 Å². The molecular formula is C29H48O3. The molecule has 4 unspecified atom stereocenters. The predicted octanol–water partition coefficient (Wildman–Crippen LogP) is 6.34. The first-order valence-electron chi connectivity index (χ1n) is 13.0. The van der Waals surface area contributed by atoms with E-state index < -0.39 is 11.7 Å². The van der Waals surface area contributed by atoms with E-state index in [2.05, 4.69) is 47.8 Å².